The fourth-order valence-electron chi connectivity index (χ4n) is 3.27. The molecular formula is C23H23ClN2O2. The van der Waals surface area contributed by atoms with E-state index in [9.17, 15) is 9.59 Å². The number of anilines is 1. The summed E-state index contributed by atoms with van der Waals surface area (Å²) in [4.78, 5) is 29.0. The highest BCUT2D eigenvalue weighted by atomic mass is 35.5. The Labute approximate surface area is 169 Å². The molecule has 5 heteroatoms. The molecule has 0 radical (unpaired) electrons. The molecule has 2 aromatic carbocycles. The zero-order valence-electron chi connectivity index (χ0n) is 16.3. The number of halogens is 1. The number of nitrogens with one attached hydrogen (secondary N) is 1. The molecule has 4 nitrogen and oxygen atoms in total. The Kier molecular flexibility index (Phi) is 6.10. The molecule has 1 N–H and O–H groups in total. The molecule has 3 rings (SSSR count). The van der Waals surface area contributed by atoms with Gasteiger partial charge in [-0.3, -0.25) is 9.59 Å². The Bertz CT molecular complexity index is 1050. The molecule has 0 aliphatic heterocycles. The molecule has 28 heavy (non-hydrogen) atoms. The highest BCUT2D eigenvalue weighted by molar-refractivity contribution is 6.34. The molecule has 0 aliphatic rings. The van der Waals surface area contributed by atoms with E-state index in [2.05, 4.69) is 24.1 Å². The minimum Gasteiger partial charge on any atom is -0.326 e. The quantitative estimate of drug-likeness (QED) is 0.425. The summed E-state index contributed by atoms with van der Waals surface area (Å²) in [6.07, 6.45) is 1.09. The number of ketones is 1. The van der Waals surface area contributed by atoms with E-state index >= 15 is 0 Å². The van der Waals surface area contributed by atoms with Gasteiger partial charge < -0.3 is 5.32 Å². The van der Waals surface area contributed by atoms with Gasteiger partial charge in [0.15, 0.2) is 5.78 Å². The molecular weight excluding hydrogens is 372 g/mol. The van der Waals surface area contributed by atoms with Gasteiger partial charge in [0.2, 0.25) is 5.91 Å². The Morgan fingerprint density at radius 1 is 1.11 bits per heavy atom. The summed E-state index contributed by atoms with van der Waals surface area (Å²) in [5, 5.41) is 5.15. The first-order valence-corrected chi connectivity index (χ1v) is 9.76. The normalized spacial score (nSPS) is 12.0. The van der Waals surface area contributed by atoms with Gasteiger partial charge in [0.1, 0.15) is 5.15 Å². The summed E-state index contributed by atoms with van der Waals surface area (Å²) < 4.78 is 0. The maximum absolute atomic E-state index is 12.8. The third-order valence-electron chi connectivity index (χ3n) is 4.97. The molecule has 144 valence electrons. The smallest absolute Gasteiger partial charge is 0.228 e. The Balaban J connectivity index is 1.96. The molecule has 1 atom stereocenters. The Morgan fingerprint density at radius 3 is 2.50 bits per heavy atom. The number of carbonyl (C=O) groups excluding carboxylic acids is 2. The number of carbonyl (C=O) groups is 2. The van der Waals surface area contributed by atoms with Crippen LogP contribution in [0.3, 0.4) is 0 Å². The third kappa shape index (κ3) is 4.23. The molecule has 1 heterocycles. The van der Waals surface area contributed by atoms with Crippen LogP contribution in [0.1, 0.15) is 54.7 Å². The van der Waals surface area contributed by atoms with Gasteiger partial charge in [-0.15, -0.1) is 0 Å². The maximum Gasteiger partial charge on any atom is 0.228 e. The average Bonchev–Trinajstić information content (AvgIpc) is 2.69. The predicted octanol–water partition coefficient (Wildman–Crippen LogP) is 5.79. The molecule has 0 saturated carbocycles. The minimum atomic E-state index is -0.153. The minimum absolute atomic E-state index is 0.0388. The number of fused-ring (bicyclic) bond motifs is 1. The number of pyridine rings is 1. The van der Waals surface area contributed by atoms with Crippen molar-refractivity contribution in [3.8, 4) is 0 Å². The van der Waals surface area contributed by atoms with E-state index < -0.39 is 0 Å². The number of Topliss-reactive ketones (excluding diaryl/α,β-unsaturated/α-hetero) is 1. The van der Waals surface area contributed by atoms with Crippen molar-refractivity contribution in [1.29, 1.82) is 0 Å². The molecule has 0 bridgehead atoms. The van der Waals surface area contributed by atoms with Crippen LogP contribution in [0.2, 0.25) is 5.15 Å². The van der Waals surface area contributed by atoms with E-state index in [1.807, 2.05) is 24.3 Å². The lowest BCUT2D eigenvalue weighted by molar-refractivity contribution is -0.115. The first kappa shape index (κ1) is 20.0. The average molecular weight is 395 g/mol. The van der Waals surface area contributed by atoms with E-state index in [0.717, 1.165) is 28.5 Å². The van der Waals surface area contributed by atoms with E-state index in [-0.39, 0.29) is 24.0 Å². The van der Waals surface area contributed by atoms with Crippen LogP contribution in [0.5, 0.6) is 0 Å². The number of hydrogen-bond acceptors (Lipinski definition) is 3. The molecule has 1 aromatic heterocycles. The zero-order chi connectivity index (χ0) is 20.3. The maximum atomic E-state index is 12.8. The second-order valence-electron chi connectivity index (χ2n) is 6.98. The topological polar surface area (TPSA) is 59.1 Å². The lowest BCUT2D eigenvalue weighted by Crippen LogP contribution is -2.17. The third-order valence-corrected chi connectivity index (χ3v) is 5.26. The van der Waals surface area contributed by atoms with E-state index in [1.165, 1.54) is 6.92 Å². The van der Waals surface area contributed by atoms with Crippen LogP contribution in [0, 0.1) is 0 Å². The fourth-order valence-corrected chi connectivity index (χ4v) is 3.52. The first-order valence-electron chi connectivity index (χ1n) is 9.38. The monoisotopic (exact) mass is 394 g/mol. The van der Waals surface area contributed by atoms with Crippen LogP contribution in [0.25, 0.3) is 10.8 Å². The van der Waals surface area contributed by atoms with Crippen LogP contribution >= 0.6 is 11.6 Å². The van der Waals surface area contributed by atoms with Gasteiger partial charge in [-0.05, 0) is 42.3 Å². The molecule has 0 saturated heterocycles. The van der Waals surface area contributed by atoms with Gasteiger partial charge in [0.25, 0.3) is 0 Å². The van der Waals surface area contributed by atoms with Crippen LogP contribution < -0.4 is 5.32 Å². The number of aromatic nitrogens is 1. The van der Waals surface area contributed by atoms with Crippen LogP contribution in [0.4, 0.5) is 5.69 Å². The number of hydrogen-bond donors (Lipinski definition) is 1. The lowest BCUT2D eigenvalue weighted by Gasteiger charge is -2.17. The molecule has 1 amide bonds. The van der Waals surface area contributed by atoms with E-state index in [4.69, 9.17) is 11.6 Å². The number of amides is 1. The van der Waals surface area contributed by atoms with E-state index in [0.29, 0.717) is 16.4 Å². The van der Waals surface area contributed by atoms with Crippen molar-refractivity contribution in [2.75, 3.05) is 5.32 Å². The number of rotatable bonds is 6. The molecule has 0 aliphatic carbocycles. The summed E-state index contributed by atoms with van der Waals surface area (Å²) in [6, 6.07) is 14.7. The lowest BCUT2D eigenvalue weighted by atomic mass is 9.93. The molecule has 0 fully saturated rings. The second kappa shape index (κ2) is 8.53. The number of benzene rings is 2. The van der Waals surface area contributed by atoms with Crippen molar-refractivity contribution in [2.45, 2.75) is 39.5 Å². The van der Waals surface area contributed by atoms with Crippen molar-refractivity contribution in [3.63, 3.8) is 0 Å². The summed E-state index contributed by atoms with van der Waals surface area (Å²) in [5.74, 6) is -0.00599. The van der Waals surface area contributed by atoms with Crippen LogP contribution in [-0.2, 0) is 11.2 Å². The highest BCUT2D eigenvalue weighted by Gasteiger charge is 2.19. The standard InChI is InChI=1S/C23H23ClN2O2/c1-4-14(2)22-20(18-10-5-6-11-19(18)23(24)26-22)13-21(28)25-17-9-7-8-16(12-17)15(3)27/h5-12,14H,4,13H2,1-3H3,(H,25,28)/t14-/m0/s1. The predicted molar refractivity (Wildman–Crippen MR) is 114 cm³/mol. The van der Waals surface area contributed by atoms with Crippen molar-refractivity contribution in [3.05, 3.63) is 70.5 Å². The van der Waals surface area contributed by atoms with Crippen molar-refractivity contribution in [2.24, 2.45) is 0 Å². The van der Waals surface area contributed by atoms with Crippen molar-refractivity contribution >= 4 is 39.8 Å². The van der Waals surface area contributed by atoms with Gasteiger partial charge in [0, 0.05) is 22.3 Å². The highest BCUT2D eigenvalue weighted by Crippen LogP contribution is 2.32. The number of nitrogens with zero attached hydrogens (tertiary/aromatic N) is 1. The molecule has 0 spiro atoms. The summed E-state index contributed by atoms with van der Waals surface area (Å²) in [6.45, 7) is 5.68. The summed E-state index contributed by atoms with van der Waals surface area (Å²) in [5.41, 5.74) is 2.93. The first-order chi connectivity index (χ1) is 13.4. The summed E-state index contributed by atoms with van der Waals surface area (Å²) >= 11 is 6.40. The SMILES string of the molecule is CC[C@H](C)c1nc(Cl)c2ccccc2c1CC(=O)Nc1cccc(C(C)=O)c1. The van der Waals surface area contributed by atoms with Gasteiger partial charge in [0.05, 0.1) is 6.42 Å². The largest absolute Gasteiger partial charge is 0.326 e. The van der Waals surface area contributed by atoms with Gasteiger partial charge >= 0.3 is 0 Å². The Hall–Kier alpha value is -2.72. The second-order valence-corrected chi connectivity index (χ2v) is 7.34. The zero-order valence-corrected chi connectivity index (χ0v) is 17.0. The summed E-state index contributed by atoms with van der Waals surface area (Å²) in [7, 11) is 0. The van der Waals surface area contributed by atoms with Gasteiger partial charge in [-0.2, -0.15) is 0 Å². The van der Waals surface area contributed by atoms with E-state index in [1.54, 1.807) is 24.3 Å². The molecule has 0 unspecified atom stereocenters. The fraction of sp³-hybridized carbons (Fsp3) is 0.261. The molecule has 3 aromatic rings. The van der Waals surface area contributed by atoms with Gasteiger partial charge in [-0.25, -0.2) is 4.98 Å². The van der Waals surface area contributed by atoms with Crippen LogP contribution in [-0.4, -0.2) is 16.7 Å². The van der Waals surface area contributed by atoms with Crippen molar-refractivity contribution in [1.82, 2.24) is 4.98 Å². The van der Waals surface area contributed by atoms with Crippen LogP contribution in [0.15, 0.2) is 48.5 Å². The van der Waals surface area contributed by atoms with Crippen molar-refractivity contribution < 1.29 is 9.59 Å². The Morgan fingerprint density at radius 2 is 1.82 bits per heavy atom. The van der Waals surface area contributed by atoms with Gasteiger partial charge in [-0.1, -0.05) is 61.8 Å².